The van der Waals surface area contributed by atoms with Gasteiger partial charge in [-0.3, -0.25) is 19.6 Å². The highest BCUT2D eigenvalue weighted by Crippen LogP contribution is 2.29. The van der Waals surface area contributed by atoms with E-state index in [1.165, 1.54) is 16.8 Å². The summed E-state index contributed by atoms with van der Waals surface area (Å²) in [7, 11) is 0. The molecule has 3 aromatic rings. The summed E-state index contributed by atoms with van der Waals surface area (Å²) in [5.41, 5.74) is 1.07. The summed E-state index contributed by atoms with van der Waals surface area (Å²) in [5, 5.41) is 17.5. The Bertz CT molecular complexity index is 1190. The number of halogens is 3. The van der Waals surface area contributed by atoms with Crippen molar-refractivity contribution in [3.63, 3.8) is 0 Å². The van der Waals surface area contributed by atoms with Crippen LogP contribution in [0.4, 0.5) is 18.9 Å². The number of aromatic nitrogens is 2. The Labute approximate surface area is 193 Å². The number of nitrogens with zero attached hydrogens (tertiary/aromatic N) is 3. The number of rotatable bonds is 9. The number of carbonyl (C=O) groups is 1. The summed E-state index contributed by atoms with van der Waals surface area (Å²) in [6.45, 7) is 3.79. The van der Waals surface area contributed by atoms with Crippen LogP contribution < -0.4 is 10.1 Å². The molecule has 11 heteroatoms. The van der Waals surface area contributed by atoms with Gasteiger partial charge in [-0.2, -0.15) is 18.3 Å². The molecule has 0 radical (unpaired) electrons. The predicted molar refractivity (Wildman–Crippen MR) is 118 cm³/mol. The van der Waals surface area contributed by atoms with Crippen molar-refractivity contribution in [2.75, 3.05) is 6.54 Å². The summed E-state index contributed by atoms with van der Waals surface area (Å²) >= 11 is 0. The van der Waals surface area contributed by atoms with Gasteiger partial charge in [0.1, 0.15) is 6.61 Å². The van der Waals surface area contributed by atoms with E-state index in [-0.39, 0.29) is 37.0 Å². The van der Waals surface area contributed by atoms with E-state index in [0.717, 1.165) is 11.6 Å². The van der Waals surface area contributed by atoms with Crippen molar-refractivity contribution in [3.8, 4) is 5.75 Å². The predicted octanol–water partition coefficient (Wildman–Crippen LogP) is 4.83. The van der Waals surface area contributed by atoms with Crippen molar-refractivity contribution in [1.82, 2.24) is 15.1 Å². The van der Waals surface area contributed by atoms with Crippen molar-refractivity contribution in [1.29, 1.82) is 0 Å². The Hall–Kier alpha value is -3.89. The van der Waals surface area contributed by atoms with E-state index in [1.807, 2.05) is 0 Å². The van der Waals surface area contributed by atoms with E-state index >= 15 is 0 Å². The number of nitro benzene ring substituents is 1. The average Bonchev–Trinajstić information content (AvgIpc) is 3.17. The Kier molecular flexibility index (Phi) is 7.54. The molecule has 1 aromatic heterocycles. The molecule has 0 aliphatic heterocycles. The first-order valence-electron chi connectivity index (χ1n) is 10.4. The van der Waals surface area contributed by atoms with E-state index in [2.05, 4.69) is 10.4 Å². The van der Waals surface area contributed by atoms with Crippen LogP contribution in [0.5, 0.6) is 5.75 Å². The molecule has 2 aromatic carbocycles. The molecule has 0 saturated carbocycles. The smallest absolute Gasteiger partial charge is 0.435 e. The normalized spacial score (nSPS) is 11.3. The molecule has 34 heavy (non-hydrogen) atoms. The maximum Gasteiger partial charge on any atom is 0.435 e. The number of aryl methyl sites for hydroxylation is 3. The van der Waals surface area contributed by atoms with Gasteiger partial charge in [-0.25, -0.2) is 0 Å². The first-order valence-corrected chi connectivity index (χ1v) is 10.4. The number of benzene rings is 2. The van der Waals surface area contributed by atoms with Crippen LogP contribution in [0, 0.1) is 24.0 Å². The number of hydrogen-bond donors (Lipinski definition) is 1. The van der Waals surface area contributed by atoms with Crippen LogP contribution in [-0.4, -0.2) is 27.2 Å². The number of amides is 1. The van der Waals surface area contributed by atoms with Crippen LogP contribution in [-0.2, 0) is 19.3 Å². The molecule has 1 heterocycles. The molecule has 3 rings (SSSR count). The minimum atomic E-state index is -4.50. The monoisotopic (exact) mass is 476 g/mol. The molecular formula is C23H23F3N4O4. The molecule has 0 unspecified atom stereocenters. The van der Waals surface area contributed by atoms with E-state index in [0.29, 0.717) is 23.2 Å². The molecular weight excluding hydrogens is 453 g/mol. The molecule has 1 N–H and O–H groups in total. The van der Waals surface area contributed by atoms with Gasteiger partial charge in [0.25, 0.3) is 5.91 Å². The van der Waals surface area contributed by atoms with Crippen molar-refractivity contribution in [2.24, 2.45) is 0 Å². The van der Waals surface area contributed by atoms with Gasteiger partial charge < -0.3 is 10.1 Å². The van der Waals surface area contributed by atoms with Crippen LogP contribution in [0.3, 0.4) is 0 Å². The van der Waals surface area contributed by atoms with Crippen molar-refractivity contribution < 1.29 is 27.6 Å². The second-order valence-corrected chi connectivity index (χ2v) is 7.72. The molecule has 0 atom stereocenters. The van der Waals surface area contributed by atoms with Crippen LogP contribution in [0.2, 0.25) is 0 Å². The second-order valence-electron chi connectivity index (χ2n) is 7.72. The molecule has 0 spiro atoms. The van der Waals surface area contributed by atoms with E-state index in [1.54, 1.807) is 44.2 Å². The van der Waals surface area contributed by atoms with E-state index in [4.69, 9.17) is 4.74 Å². The highest BCUT2D eigenvalue weighted by molar-refractivity contribution is 5.94. The Morgan fingerprint density at radius 2 is 1.94 bits per heavy atom. The van der Waals surface area contributed by atoms with Gasteiger partial charge in [-0.1, -0.05) is 18.2 Å². The Morgan fingerprint density at radius 3 is 2.62 bits per heavy atom. The number of nitro groups is 1. The third kappa shape index (κ3) is 6.33. The zero-order chi connectivity index (χ0) is 24.9. The minimum absolute atomic E-state index is 0.0329. The summed E-state index contributed by atoms with van der Waals surface area (Å²) < 4.78 is 45.1. The summed E-state index contributed by atoms with van der Waals surface area (Å²) in [6, 6.07) is 12.3. The van der Waals surface area contributed by atoms with Gasteiger partial charge in [0, 0.05) is 30.4 Å². The molecule has 1 amide bonds. The Balaban J connectivity index is 1.53. The van der Waals surface area contributed by atoms with Gasteiger partial charge in [-0.05, 0) is 55.7 Å². The summed E-state index contributed by atoms with van der Waals surface area (Å²) in [5.74, 6) is -0.218. The van der Waals surface area contributed by atoms with Gasteiger partial charge in [-0.15, -0.1) is 0 Å². The number of carbonyl (C=O) groups excluding carboxylic acids is 1. The lowest BCUT2D eigenvalue weighted by Crippen LogP contribution is -2.25. The van der Waals surface area contributed by atoms with Gasteiger partial charge in [0.2, 0.25) is 0 Å². The number of hydrogen-bond acceptors (Lipinski definition) is 5. The lowest BCUT2D eigenvalue weighted by molar-refractivity contribution is -0.386. The summed E-state index contributed by atoms with van der Waals surface area (Å²) in [4.78, 5) is 23.2. The van der Waals surface area contributed by atoms with Gasteiger partial charge in [0.15, 0.2) is 11.4 Å². The third-order valence-electron chi connectivity index (χ3n) is 5.00. The number of alkyl halides is 3. The third-order valence-corrected chi connectivity index (χ3v) is 5.00. The lowest BCUT2D eigenvalue weighted by atomic mass is 10.1. The summed E-state index contributed by atoms with van der Waals surface area (Å²) in [6.07, 6.45) is -4.10. The number of ether oxygens (including phenoxy) is 1. The van der Waals surface area contributed by atoms with Crippen molar-refractivity contribution >= 4 is 11.6 Å². The fourth-order valence-electron chi connectivity index (χ4n) is 3.26. The van der Waals surface area contributed by atoms with Crippen molar-refractivity contribution in [2.45, 2.75) is 39.6 Å². The first-order chi connectivity index (χ1) is 16.0. The molecule has 0 bridgehead atoms. The Morgan fingerprint density at radius 1 is 1.18 bits per heavy atom. The highest BCUT2D eigenvalue weighted by atomic mass is 19.4. The molecule has 0 aliphatic rings. The molecule has 0 aliphatic carbocycles. The van der Waals surface area contributed by atoms with Gasteiger partial charge >= 0.3 is 11.9 Å². The van der Waals surface area contributed by atoms with Crippen LogP contribution >= 0.6 is 0 Å². The molecule has 0 saturated heterocycles. The fraction of sp³-hybridized carbons (Fsp3) is 0.304. The minimum Gasteiger partial charge on any atom is -0.482 e. The van der Waals surface area contributed by atoms with Crippen molar-refractivity contribution in [3.05, 3.63) is 86.7 Å². The largest absolute Gasteiger partial charge is 0.482 e. The average molecular weight is 476 g/mol. The molecule has 0 fully saturated rings. The SMILES string of the molecule is Cc1ccc(OCc2cccc(C(=O)NCCCn3nc(C(F)(F)F)cc3C)c2)c([N+](=O)[O-])c1. The lowest BCUT2D eigenvalue weighted by Gasteiger charge is -2.10. The van der Waals surface area contributed by atoms with E-state index in [9.17, 15) is 28.1 Å². The zero-order valence-electron chi connectivity index (χ0n) is 18.6. The maximum atomic E-state index is 12.7. The standard InChI is InChI=1S/C23H23F3N4O4/c1-15-7-8-20(19(11-15)30(32)33)34-14-17-5-3-6-18(13-17)22(31)27-9-4-10-29-16(2)12-21(28-29)23(24,25)26/h3,5-8,11-13H,4,9-10,14H2,1-2H3,(H,27,31). The first kappa shape index (κ1) is 24.7. The number of nitrogens with one attached hydrogen (secondary N) is 1. The zero-order valence-corrected chi connectivity index (χ0v) is 18.6. The second kappa shape index (κ2) is 10.4. The fourth-order valence-corrected chi connectivity index (χ4v) is 3.26. The maximum absolute atomic E-state index is 12.7. The quantitative estimate of drug-likeness (QED) is 0.271. The van der Waals surface area contributed by atoms with Crippen LogP contribution in [0.1, 0.15) is 39.3 Å². The molecule has 8 nitrogen and oxygen atoms in total. The van der Waals surface area contributed by atoms with E-state index < -0.39 is 16.8 Å². The van der Waals surface area contributed by atoms with Crippen LogP contribution in [0.15, 0.2) is 48.5 Å². The molecule has 180 valence electrons. The topological polar surface area (TPSA) is 99.3 Å². The van der Waals surface area contributed by atoms with Gasteiger partial charge in [0.05, 0.1) is 4.92 Å². The van der Waals surface area contributed by atoms with Crippen LogP contribution in [0.25, 0.3) is 0 Å². The highest BCUT2D eigenvalue weighted by Gasteiger charge is 2.34.